The first kappa shape index (κ1) is 24.2. The summed E-state index contributed by atoms with van der Waals surface area (Å²) < 4.78 is 6.56. The second-order valence-electron chi connectivity index (χ2n) is 8.13. The van der Waals surface area contributed by atoms with Crippen molar-refractivity contribution < 1.29 is 14.3 Å². The quantitative estimate of drug-likeness (QED) is 0.592. The Labute approximate surface area is 191 Å². The number of nitrogens with zero attached hydrogens (tertiary/aromatic N) is 1. The van der Waals surface area contributed by atoms with Crippen molar-refractivity contribution in [2.75, 3.05) is 13.7 Å². The largest absolute Gasteiger partial charge is 0.483 e. The Kier molecular flexibility index (Phi) is 8.33. The molecule has 1 N–H and O–H groups in total. The van der Waals surface area contributed by atoms with Gasteiger partial charge in [-0.05, 0) is 63.7 Å². The average molecular weight is 496 g/mol. The standard InChI is InChI=1S/C23H28BrClN2O3/c1-15(22(29)26-5)27(13-16-7-6-8-18(25)11-16)21(28)14-30-20-10-9-17(12-19(20)24)23(2,3)4/h6-12,15H,13-14H2,1-5H3,(H,26,29). The van der Waals surface area contributed by atoms with Crippen LogP contribution < -0.4 is 10.1 Å². The number of nitrogens with one attached hydrogen (secondary N) is 1. The summed E-state index contributed by atoms with van der Waals surface area (Å²) in [5.41, 5.74) is 2.00. The highest BCUT2D eigenvalue weighted by Gasteiger charge is 2.26. The van der Waals surface area contributed by atoms with Gasteiger partial charge in [-0.2, -0.15) is 0 Å². The number of hydrogen-bond donors (Lipinski definition) is 1. The van der Waals surface area contributed by atoms with Crippen molar-refractivity contribution in [3.8, 4) is 5.75 Å². The van der Waals surface area contributed by atoms with E-state index in [0.717, 1.165) is 15.6 Å². The lowest BCUT2D eigenvalue weighted by Gasteiger charge is -2.28. The molecule has 1 unspecified atom stereocenters. The monoisotopic (exact) mass is 494 g/mol. The van der Waals surface area contributed by atoms with Crippen LogP contribution in [0.1, 0.15) is 38.8 Å². The van der Waals surface area contributed by atoms with Gasteiger partial charge >= 0.3 is 0 Å². The number of carbonyl (C=O) groups excluding carboxylic acids is 2. The zero-order chi connectivity index (χ0) is 22.5. The van der Waals surface area contributed by atoms with Crippen molar-refractivity contribution in [2.45, 2.75) is 45.7 Å². The number of likely N-dealkylation sites (N-methyl/N-ethyl adjacent to an activating group) is 1. The molecular formula is C23H28BrClN2O3. The summed E-state index contributed by atoms with van der Waals surface area (Å²) in [6.45, 7) is 8.15. The maximum Gasteiger partial charge on any atom is 0.261 e. The molecule has 0 aromatic heterocycles. The van der Waals surface area contributed by atoms with Crippen LogP contribution in [-0.2, 0) is 21.5 Å². The van der Waals surface area contributed by atoms with Crippen molar-refractivity contribution in [1.29, 1.82) is 0 Å². The summed E-state index contributed by atoms with van der Waals surface area (Å²) in [5, 5.41) is 3.17. The van der Waals surface area contributed by atoms with E-state index in [4.69, 9.17) is 16.3 Å². The van der Waals surface area contributed by atoms with Crippen LogP contribution in [0.3, 0.4) is 0 Å². The summed E-state index contributed by atoms with van der Waals surface area (Å²) in [7, 11) is 1.55. The average Bonchev–Trinajstić information content (AvgIpc) is 2.69. The molecule has 2 amide bonds. The maximum absolute atomic E-state index is 13.0. The summed E-state index contributed by atoms with van der Waals surface area (Å²) in [6, 6.07) is 12.4. The molecule has 0 saturated carbocycles. The minimum Gasteiger partial charge on any atom is -0.483 e. The van der Waals surface area contributed by atoms with Gasteiger partial charge in [0.15, 0.2) is 6.61 Å². The van der Waals surface area contributed by atoms with E-state index >= 15 is 0 Å². The van der Waals surface area contributed by atoms with Gasteiger partial charge in [0, 0.05) is 18.6 Å². The van der Waals surface area contributed by atoms with E-state index < -0.39 is 6.04 Å². The number of hydrogen-bond acceptors (Lipinski definition) is 3. The minimum atomic E-state index is -0.656. The third kappa shape index (κ3) is 6.47. The van der Waals surface area contributed by atoms with Crippen LogP contribution in [0.2, 0.25) is 5.02 Å². The van der Waals surface area contributed by atoms with Gasteiger partial charge in [0.25, 0.3) is 5.91 Å². The van der Waals surface area contributed by atoms with Crippen LogP contribution in [0.25, 0.3) is 0 Å². The molecule has 0 fully saturated rings. The summed E-state index contributed by atoms with van der Waals surface area (Å²) in [6.07, 6.45) is 0. The van der Waals surface area contributed by atoms with E-state index in [1.54, 1.807) is 26.1 Å². The second-order valence-corrected chi connectivity index (χ2v) is 9.42. The van der Waals surface area contributed by atoms with Crippen LogP contribution in [0.4, 0.5) is 0 Å². The van der Waals surface area contributed by atoms with E-state index in [1.165, 1.54) is 4.90 Å². The predicted molar refractivity (Wildman–Crippen MR) is 124 cm³/mol. The number of halogens is 2. The third-order valence-electron chi connectivity index (χ3n) is 4.80. The lowest BCUT2D eigenvalue weighted by molar-refractivity contribution is -0.142. The van der Waals surface area contributed by atoms with Crippen molar-refractivity contribution in [1.82, 2.24) is 10.2 Å². The highest BCUT2D eigenvalue weighted by atomic mass is 79.9. The van der Waals surface area contributed by atoms with E-state index in [1.807, 2.05) is 30.3 Å². The second kappa shape index (κ2) is 10.3. The Bertz CT molecular complexity index is 912. The van der Waals surface area contributed by atoms with Crippen molar-refractivity contribution in [3.05, 3.63) is 63.1 Å². The first-order chi connectivity index (χ1) is 14.0. The Morgan fingerprint density at radius 2 is 1.90 bits per heavy atom. The van der Waals surface area contributed by atoms with Crippen molar-refractivity contribution >= 4 is 39.3 Å². The van der Waals surface area contributed by atoms with E-state index in [2.05, 4.69) is 42.0 Å². The van der Waals surface area contributed by atoms with Gasteiger partial charge in [0.05, 0.1) is 4.47 Å². The fourth-order valence-corrected chi connectivity index (χ4v) is 3.64. The Hall–Kier alpha value is -2.05. The van der Waals surface area contributed by atoms with E-state index in [0.29, 0.717) is 10.8 Å². The normalized spacial score (nSPS) is 12.2. The number of benzene rings is 2. The molecule has 0 bridgehead atoms. The highest BCUT2D eigenvalue weighted by molar-refractivity contribution is 9.10. The minimum absolute atomic E-state index is 0.00751. The number of amides is 2. The van der Waals surface area contributed by atoms with Crippen molar-refractivity contribution in [2.24, 2.45) is 0 Å². The highest BCUT2D eigenvalue weighted by Crippen LogP contribution is 2.31. The summed E-state index contributed by atoms with van der Waals surface area (Å²) in [4.78, 5) is 26.7. The molecule has 0 aliphatic heterocycles. The molecule has 5 nitrogen and oxygen atoms in total. The van der Waals surface area contributed by atoms with Crippen molar-refractivity contribution in [3.63, 3.8) is 0 Å². The molecule has 162 valence electrons. The van der Waals surface area contributed by atoms with Gasteiger partial charge in [0.1, 0.15) is 11.8 Å². The van der Waals surface area contributed by atoms with Crippen LogP contribution >= 0.6 is 27.5 Å². The molecule has 0 aliphatic carbocycles. The fourth-order valence-electron chi connectivity index (χ4n) is 2.93. The third-order valence-corrected chi connectivity index (χ3v) is 5.66. The zero-order valence-corrected chi connectivity index (χ0v) is 20.3. The molecule has 0 radical (unpaired) electrons. The van der Waals surface area contributed by atoms with Crippen LogP contribution in [0.5, 0.6) is 5.75 Å². The molecule has 1 atom stereocenters. The molecule has 0 heterocycles. The maximum atomic E-state index is 13.0. The van der Waals surface area contributed by atoms with Gasteiger partial charge in [-0.15, -0.1) is 0 Å². The Balaban J connectivity index is 2.17. The molecule has 7 heteroatoms. The first-order valence-electron chi connectivity index (χ1n) is 9.71. The van der Waals surface area contributed by atoms with Gasteiger partial charge in [-0.1, -0.05) is 50.6 Å². The summed E-state index contributed by atoms with van der Waals surface area (Å²) in [5.74, 6) is 0.0330. The number of rotatable bonds is 7. The lowest BCUT2D eigenvalue weighted by atomic mass is 9.87. The molecule has 30 heavy (non-hydrogen) atoms. The fraction of sp³-hybridized carbons (Fsp3) is 0.391. The number of carbonyl (C=O) groups is 2. The Morgan fingerprint density at radius 3 is 2.47 bits per heavy atom. The van der Waals surface area contributed by atoms with Crippen LogP contribution in [0.15, 0.2) is 46.9 Å². The van der Waals surface area contributed by atoms with Gasteiger partial charge < -0.3 is 15.0 Å². The smallest absolute Gasteiger partial charge is 0.261 e. The lowest BCUT2D eigenvalue weighted by Crippen LogP contribution is -2.48. The number of ether oxygens (including phenoxy) is 1. The van der Waals surface area contributed by atoms with Gasteiger partial charge in [0.2, 0.25) is 5.91 Å². The van der Waals surface area contributed by atoms with Crippen LogP contribution in [-0.4, -0.2) is 36.4 Å². The predicted octanol–water partition coefficient (Wildman–Crippen LogP) is 4.94. The molecule has 2 rings (SSSR count). The molecule has 0 spiro atoms. The van der Waals surface area contributed by atoms with Crippen LogP contribution in [0, 0.1) is 0 Å². The topological polar surface area (TPSA) is 58.6 Å². The van der Waals surface area contributed by atoms with Gasteiger partial charge in [-0.25, -0.2) is 0 Å². The Morgan fingerprint density at radius 1 is 1.20 bits per heavy atom. The van der Waals surface area contributed by atoms with E-state index in [9.17, 15) is 9.59 Å². The van der Waals surface area contributed by atoms with Gasteiger partial charge in [-0.3, -0.25) is 9.59 Å². The SMILES string of the molecule is CNC(=O)C(C)N(Cc1cccc(Cl)c1)C(=O)COc1ccc(C(C)(C)C)cc1Br. The molecule has 2 aromatic rings. The summed E-state index contributed by atoms with van der Waals surface area (Å²) >= 11 is 9.59. The molecule has 2 aromatic carbocycles. The first-order valence-corrected chi connectivity index (χ1v) is 10.9. The van der Waals surface area contributed by atoms with E-state index in [-0.39, 0.29) is 30.4 Å². The molecular weight excluding hydrogens is 468 g/mol. The molecule has 0 aliphatic rings. The molecule has 0 saturated heterocycles. The zero-order valence-electron chi connectivity index (χ0n) is 18.0.